The summed E-state index contributed by atoms with van der Waals surface area (Å²) in [4.78, 5) is 2.39. The summed E-state index contributed by atoms with van der Waals surface area (Å²) in [7, 11) is 0. The SMILES string of the molecule is c1ccc(-c2ccc(N(c3cccc4c3oc3c4ccc4sc5ccccc5c43)c3cccc4sc5ccccc5c34)cc2)cc1. The maximum absolute atomic E-state index is 7.03. The third-order valence-electron chi connectivity index (χ3n) is 9.08. The van der Waals surface area contributed by atoms with Crippen LogP contribution in [0.25, 0.3) is 73.4 Å². The van der Waals surface area contributed by atoms with E-state index in [-0.39, 0.29) is 0 Å². The van der Waals surface area contributed by atoms with Gasteiger partial charge in [-0.1, -0.05) is 97.1 Å². The number of hydrogen-bond donors (Lipinski definition) is 0. The Balaban J connectivity index is 1.27. The fourth-order valence-corrected chi connectivity index (χ4v) is 9.24. The van der Waals surface area contributed by atoms with Crippen LogP contribution in [0.2, 0.25) is 0 Å². The van der Waals surface area contributed by atoms with Crippen LogP contribution in [0.5, 0.6) is 0 Å². The van der Waals surface area contributed by atoms with Gasteiger partial charge in [0, 0.05) is 56.8 Å². The maximum atomic E-state index is 7.03. The molecule has 0 fully saturated rings. The summed E-state index contributed by atoms with van der Waals surface area (Å²) in [5.41, 5.74) is 7.50. The lowest BCUT2D eigenvalue weighted by Crippen LogP contribution is -2.10. The van der Waals surface area contributed by atoms with Crippen LogP contribution in [0.3, 0.4) is 0 Å². The predicted octanol–water partition coefficient (Wildman–Crippen LogP) is 13.5. The fourth-order valence-electron chi connectivity index (χ4n) is 7.01. The van der Waals surface area contributed by atoms with Crippen LogP contribution in [0.1, 0.15) is 0 Å². The first-order valence-corrected chi connectivity index (χ1v) is 17.1. The van der Waals surface area contributed by atoms with Crippen LogP contribution in [-0.2, 0) is 0 Å². The van der Waals surface area contributed by atoms with Crippen LogP contribution < -0.4 is 4.90 Å². The number of benzene rings is 7. The molecule has 0 saturated heterocycles. The zero-order valence-corrected chi connectivity index (χ0v) is 26.2. The number of nitrogens with zero attached hydrogens (tertiary/aromatic N) is 1. The minimum Gasteiger partial charge on any atom is -0.453 e. The molecule has 3 heterocycles. The number of furan rings is 1. The molecule has 0 saturated carbocycles. The molecular formula is C42H25NOS2. The quantitative estimate of drug-likeness (QED) is 0.194. The van der Waals surface area contributed by atoms with Crippen molar-refractivity contribution in [3.05, 3.63) is 152 Å². The normalized spacial score (nSPS) is 11.9. The largest absolute Gasteiger partial charge is 0.453 e. The van der Waals surface area contributed by atoms with Gasteiger partial charge in [-0.05, 0) is 65.7 Å². The third kappa shape index (κ3) is 3.81. The Labute approximate surface area is 273 Å². The second-order valence-electron chi connectivity index (χ2n) is 11.7. The smallest absolute Gasteiger partial charge is 0.159 e. The van der Waals surface area contributed by atoms with Crippen molar-refractivity contribution >= 4 is 102 Å². The van der Waals surface area contributed by atoms with Crippen LogP contribution in [0.15, 0.2) is 156 Å². The van der Waals surface area contributed by atoms with Crippen molar-refractivity contribution in [1.29, 1.82) is 0 Å². The van der Waals surface area contributed by atoms with Crippen LogP contribution in [-0.4, -0.2) is 0 Å². The van der Waals surface area contributed by atoms with E-state index in [9.17, 15) is 0 Å². The summed E-state index contributed by atoms with van der Waals surface area (Å²) in [5, 5.41) is 7.24. The highest BCUT2D eigenvalue weighted by atomic mass is 32.1. The topological polar surface area (TPSA) is 16.4 Å². The van der Waals surface area contributed by atoms with Crippen LogP contribution in [0.4, 0.5) is 17.1 Å². The lowest BCUT2D eigenvalue weighted by atomic mass is 10.0. The molecule has 10 rings (SSSR count). The molecule has 3 aromatic heterocycles. The summed E-state index contributed by atoms with van der Waals surface area (Å²) in [6.07, 6.45) is 0. The van der Waals surface area contributed by atoms with Gasteiger partial charge in [-0.2, -0.15) is 0 Å². The Hall–Kier alpha value is -5.42. The molecule has 216 valence electrons. The summed E-state index contributed by atoms with van der Waals surface area (Å²) >= 11 is 3.67. The first kappa shape index (κ1) is 25.9. The highest BCUT2D eigenvalue weighted by molar-refractivity contribution is 7.26. The van der Waals surface area contributed by atoms with Gasteiger partial charge in [0.15, 0.2) is 5.58 Å². The summed E-state index contributed by atoms with van der Waals surface area (Å²) in [5.74, 6) is 0. The lowest BCUT2D eigenvalue weighted by molar-refractivity contribution is 0.673. The standard InChI is InChI=1S/C42H25NOS2/c1-2-10-26(11-3-1)27-20-22-28(23-21-27)43(33-15-9-19-37-39(33)31-12-4-6-17-35(31)45-37)34-16-8-14-29-30-24-25-38-40(42(30)44-41(29)34)32-13-5-7-18-36(32)46-38/h1-25H. The first-order valence-electron chi connectivity index (χ1n) is 15.4. The van der Waals surface area contributed by atoms with E-state index in [2.05, 4.69) is 157 Å². The number of para-hydroxylation sites is 1. The van der Waals surface area contributed by atoms with Gasteiger partial charge >= 0.3 is 0 Å². The van der Waals surface area contributed by atoms with Gasteiger partial charge < -0.3 is 9.32 Å². The van der Waals surface area contributed by atoms with Gasteiger partial charge in [-0.15, -0.1) is 22.7 Å². The average molecular weight is 624 g/mol. The van der Waals surface area contributed by atoms with E-state index in [0.717, 1.165) is 39.0 Å². The Morgan fingerprint density at radius 2 is 0.935 bits per heavy atom. The zero-order chi connectivity index (χ0) is 30.2. The highest BCUT2D eigenvalue weighted by Gasteiger charge is 2.23. The van der Waals surface area contributed by atoms with Gasteiger partial charge in [0.25, 0.3) is 0 Å². The van der Waals surface area contributed by atoms with E-state index >= 15 is 0 Å². The van der Waals surface area contributed by atoms with E-state index in [1.165, 1.54) is 51.5 Å². The molecule has 46 heavy (non-hydrogen) atoms. The number of fused-ring (bicyclic) bond motifs is 10. The molecule has 10 aromatic rings. The van der Waals surface area contributed by atoms with Gasteiger partial charge in [-0.25, -0.2) is 0 Å². The van der Waals surface area contributed by atoms with Crippen molar-refractivity contribution in [2.45, 2.75) is 0 Å². The number of hydrogen-bond acceptors (Lipinski definition) is 4. The molecule has 0 amide bonds. The molecule has 0 aliphatic rings. The van der Waals surface area contributed by atoms with E-state index in [0.29, 0.717) is 0 Å². The van der Waals surface area contributed by atoms with Crippen LogP contribution >= 0.6 is 22.7 Å². The molecule has 0 aliphatic carbocycles. The fraction of sp³-hybridized carbons (Fsp3) is 0. The van der Waals surface area contributed by atoms with E-state index in [1.54, 1.807) is 0 Å². The van der Waals surface area contributed by atoms with E-state index in [1.807, 2.05) is 22.7 Å². The monoisotopic (exact) mass is 623 g/mol. The van der Waals surface area contributed by atoms with Gasteiger partial charge in [0.05, 0.1) is 11.4 Å². The molecule has 4 heteroatoms. The van der Waals surface area contributed by atoms with Gasteiger partial charge in [0.1, 0.15) is 5.58 Å². The Morgan fingerprint density at radius 3 is 1.72 bits per heavy atom. The molecule has 0 aliphatic heterocycles. The van der Waals surface area contributed by atoms with E-state index in [4.69, 9.17) is 4.42 Å². The minimum absolute atomic E-state index is 0.893. The van der Waals surface area contributed by atoms with Crippen molar-refractivity contribution in [1.82, 2.24) is 0 Å². The van der Waals surface area contributed by atoms with Crippen molar-refractivity contribution in [3.63, 3.8) is 0 Å². The summed E-state index contributed by atoms with van der Waals surface area (Å²) < 4.78 is 12.1. The summed E-state index contributed by atoms with van der Waals surface area (Å²) in [6, 6.07) is 54.6. The zero-order valence-electron chi connectivity index (χ0n) is 24.6. The Kier molecular flexibility index (Phi) is 5.65. The first-order chi connectivity index (χ1) is 22.8. The van der Waals surface area contributed by atoms with Crippen molar-refractivity contribution in [3.8, 4) is 11.1 Å². The third-order valence-corrected chi connectivity index (χ3v) is 11.4. The van der Waals surface area contributed by atoms with E-state index < -0.39 is 0 Å². The molecule has 0 radical (unpaired) electrons. The summed E-state index contributed by atoms with van der Waals surface area (Å²) in [6.45, 7) is 0. The number of thiophene rings is 2. The highest BCUT2D eigenvalue weighted by Crippen LogP contribution is 2.49. The van der Waals surface area contributed by atoms with Crippen molar-refractivity contribution in [2.24, 2.45) is 0 Å². The molecule has 0 bridgehead atoms. The molecule has 0 spiro atoms. The second kappa shape index (κ2) is 10.0. The molecule has 0 N–H and O–H groups in total. The molecule has 2 nitrogen and oxygen atoms in total. The van der Waals surface area contributed by atoms with Gasteiger partial charge in [-0.3, -0.25) is 0 Å². The van der Waals surface area contributed by atoms with Crippen LogP contribution in [0, 0.1) is 0 Å². The lowest BCUT2D eigenvalue weighted by Gasteiger charge is -2.26. The molecule has 0 unspecified atom stereocenters. The van der Waals surface area contributed by atoms with Crippen molar-refractivity contribution in [2.75, 3.05) is 4.90 Å². The maximum Gasteiger partial charge on any atom is 0.159 e. The number of rotatable bonds is 4. The molecule has 0 atom stereocenters. The number of anilines is 3. The predicted molar refractivity (Wildman–Crippen MR) is 200 cm³/mol. The second-order valence-corrected chi connectivity index (χ2v) is 13.8. The average Bonchev–Trinajstić information content (AvgIpc) is 3.81. The molecule has 7 aromatic carbocycles. The van der Waals surface area contributed by atoms with Gasteiger partial charge in [0.2, 0.25) is 0 Å². The minimum atomic E-state index is 0.893. The Bertz CT molecular complexity index is 2750. The molecular weight excluding hydrogens is 599 g/mol. The Morgan fingerprint density at radius 1 is 0.370 bits per heavy atom. The van der Waals surface area contributed by atoms with Crippen molar-refractivity contribution < 1.29 is 4.42 Å².